The third-order valence-corrected chi connectivity index (χ3v) is 5.39. The molecule has 0 aliphatic rings. The van der Waals surface area contributed by atoms with Crippen LogP contribution in [0.25, 0.3) is 22.6 Å². The molecule has 0 saturated heterocycles. The highest BCUT2D eigenvalue weighted by atomic mass is 32.1. The van der Waals surface area contributed by atoms with Gasteiger partial charge in [-0.1, -0.05) is 19.1 Å². The fourth-order valence-corrected chi connectivity index (χ4v) is 3.66. The number of nitrogens with one attached hydrogen (secondary N) is 2. The zero-order chi connectivity index (χ0) is 20.4. The molecule has 0 unspecified atom stereocenters. The minimum Gasteiger partial charge on any atom is -0.507 e. The molecule has 6 nitrogen and oxygen atoms in total. The van der Waals surface area contributed by atoms with Gasteiger partial charge in [-0.3, -0.25) is 10.1 Å². The largest absolute Gasteiger partial charge is 0.507 e. The molecule has 4 rings (SSSR count). The first-order valence-electron chi connectivity index (χ1n) is 8.92. The second kappa shape index (κ2) is 8.02. The van der Waals surface area contributed by atoms with Crippen LogP contribution in [0.3, 0.4) is 0 Å². The van der Waals surface area contributed by atoms with Crippen LogP contribution in [0, 0.1) is 0 Å². The summed E-state index contributed by atoms with van der Waals surface area (Å²) in [6.45, 7) is 2.08. The Morgan fingerprint density at radius 2 is 2.10 bits per heavy atom. The van der Waals surface area contributed by atoms with E-state index in [0.29, 0.717) is 27.6 Å². The van der Waals surface area contributed by atoms with Gasteiger partial charge in [-0.25, -0.2) is 4.98 Å². The van der Waals surface area contributed by atoms with Gasteiger partial charge in [0.15, 0.2) is 10.7 Å². The Bertz CT molecular complexity index is 1200. The van der Waals surface area contributed by atoms with Gasteiger partial charge in [0.2, 0.25) is 5.89 Å². The van der Waals surface area contributed by atoms with E-state index in [4.69, 9.17) is 16.6 Å². The van der Waals surface area contributed by atoms with Crippen molar-refractivity contribution in [2.24, 2.45) is 0 Å². The molecular formula is C21H17N3O3S2. The Balaban J connectivity index is 1.50. The quantitative estimate of drug-likeness (QED) is 0.403. The van der Waals surface area contributed by atoms with E-state index in [0.717, 1.165) is 11.9 Å². The average Bonchev–Trinajstić information content (AvgIpc) is 3.37. The molecule has 0 bridgehead atoms. The molecule has 0 radical (unpaired) electrons. The SMILES string of the molecule is CCc1ccc2oc(-c3ccc(NC(=S)NC(=O)c4cccs4)cc3O)nc2c1. The van der Waals surface area contributed by atoms with Crippen molar-refractivity contribution in [3.63, 3.8) is 0 Å². The number of hydrogen-bond acceptors (Lipinski definition) is 6. The van der Waals surface area contributed by atoms with Crippen LogP contribution in [0.1, 0.15) is 22.2 Å². The Kier molecular flexibility index (Phi) is 5.28. The van der Waals surface area contributed by atoms with E-state index in [1.165, 1.54) is 23.0 Å². The number of fused-ring (bicyclic) bond motifs is 1. The third-order valence-electron chi connectivity index (χ3n) is 4.32. The molecule has 0 fully saturated rings. The second-order valence-corrected chi connectivity index (χ2v) is 7.65. The molecule has 0 spiro atoms. The van der Waals surface area contributed by atoms with Crippen LogP contribution >= 0.6 is 23.6 Å². The molecule has 2 aromatic carbocycles. The molecule has 2 heterocycles. The van der Waals surface area contributed by atoms with Crippen molar-refractivity contribution in [1.82, 2.24) is 10.3 Å². The summed E-state index contributed by atoms with van der Waals surface area (Å²) in [6, 6.07) is 14.3. The Labute approximate surface area is 176 Å². The number of aromatic hydroxyl groups is 1. The van der Waals surface area contributed by atoms with Crippen LogP contribution in [0.2, 0.25) is 0 Å². The van der Waals surface area contributed by atoms with E-state index in [9.17, 15) is 9.90 Å². The summed E-state index contributed by atoms with van der Waals surface area (Å²) in [5, 5.41) is 17.9. The van der Waals surface area contributed by atoms with Crippen LogP contribution < -0.4 is 10.6 Å². The summed E-state index contributed by atoms with van der Waals surface area (Å²) in [5.41, 5.74) is 3.58. The van der Waals surface area contributed by atoms with Crippen molar-refractivity contribution in [3.8, 4) is 17.2 Å². The Morgan fingerprint density at radius 1 is 1.24 bits per heavy atom. The first kappa shape index (κ1) is 19.1. The lowest BCUT2D eigenvalue weighted by molar-refractivity contribution is 0.0981. The van der Waals surface area contributed by atoms with Gasteiger partial charge in [-0.15, -0.1) is 11.3 Å². The maximum atomic E-state index is 12.0. The fourth-order valence-electron chi connectivity index (χ4n) is 2.83. The highest BCUT2D eigenvalue weighted by Crippen LogP contribution is 2.33. The van der Waals surface area contributed by atoms with Crippen molar-refractivity contribution >= 4 is 51.4 Å². The number of anilines is 1. The van der Waals surface area contributed by atoms with Crippen LogP contribution in [-0.4, -0.2) is 21.1 Å². The molecule has 0 aliphatic heterocycles. The zero-order valence-electron chi connectivity index (χ0n) is 15.4. The number of carbonyl (C=O) groups excluding carboxylic acids is 1. The van der Waals surface area contributed by atoms with E-state index in [1.54, 1.807) is 24.3 Å². The first-order valence-corrected chi connectivity index (χ1v) is 10.2. The summed E-state index contributed by atoms with van der Waals surface area (Å²) in [7, 11) is 0. The minimum atomic E-state index is -0.281. The topological polar surface area (TPSA) is 87.4 Å². The highest BCUT2D eigenvalue weighted by Gasteiger charge is 2.14. The summed E-state index contributed by atoms with van der Waals surface area (Å²) in [4.78, 5) is 17.1. The smallest absolute Gasteiger partial charge is 0.267 e. The van der Waals surface area contributed by atoms with Crippen LogP contribution in [0.4, 0.5) is 5.69 Å². The summed E-state index contributed by atoms with van der Waals surface area (Å²) < 4.78 is 5.78. The van der Waals surface area contributed by atoms with E-state index in [2.05, 4.69) is 22.5 Å². The Hall–Kier alpha value is -3.23. The molecule has 1 amide bonds. The van der Waals surface area contributed by atoms with Gasteiger partial charge in [-0.05, 0) is 59.9 Å². The number of amides is 1. The number of rotatable bonds is 4. The van der Waals surface area contributed by atoms with Crippen molar-refractivity contribution in [2.75, 3.05) is 5.32 Å². The first-order chi connectivity index (χ1) is 14.0. The van der Waals surface area contributed by atoms with Crippen molar-refractivity contribution in [2.45, 2.75) is 13.3 Å². The fraction of sp³-hybridized carbons (Fsp3) is 0.0952. The lowest BCUT2D eigenvalue weighted by atomic mass is 10.1. The number of aromatic nitrogens is 1. The molecular weight excluding hydrogens is 406 g/mol. The number of thiophene rings is 1. The number of phenolic OH excluding ortho intramolecular Hbond substituents is 1. The molecule has 0 saturated carbocycles. The van der Waals surface area contributed by atoms with Crippen LogP contribution in [0.15, 0.2) is 58.3 Å². The lowest BCUT2D eigenvalue weighted by Crippen LogP contribution is -2.33. The van der Waals surface area contributed by atoms with Crippen LogP contribution in [0.5, 0.6) is 5.75 Å². The number of aryl methyl sites for hydroxylation is 1. The average molecular weight is 424 g/mol. The molecule has 2 aromatic heterocycles. The van der Waals surface area contributed by atoms with Gasteiger partial charge < -0.3 is 14.8 Å². The van der Waals surface area contributed by atoms with E-state index >= 15 is 0 Å². The normalized spacial score (nSPS) is 10.8. The van der Waals surface area contributed by atoms with Gasteiger partial charge in [-0.2, -0.15) is 0 Å². The van der Waals surface area contributed by atoms with Gasteiger partial charge in [0, 0.05) is 11.8 Å². The van der Waals surface area contributed by atoms with Gasteiger partial charge in [0.1, 0.15) is 11.3 Å². The molecule has 3 N–H and O–H groups in total. The summed E-state index contributed by atoms with van der Waals surface area (Å²) in [5.74, 6) is 0.0480. The number of phenols is 1. The van der Waals surface area contributed by atoms with E-state index in [-0.39, 0.29) is 16.8 Å². The van der Waals surface area contributed by atoms with Gasteiger partial charge in [0.25, 0.3) is 5.91 Å². The number of thiocarbonyl (C=S) groups is 1. The Morgan fingerprint density at radius 3 is 2.83 bits per heavy atom. The van der Waals surface area contributed by atoms with E-state index in [1.807, 2.05) is 23.6 Å². The second-order valence-electron chi connectivity index (χ2n) is 6.29. The molecule has 0 atom stereocenters. The van der Waals surface area contributed by atoms with Crippen LogP contribution in [-0.2, 0) is 6.42 Å². The number of oxazole rings is 1. The van der Waals surface area contributed by atoms with Gasteiger partial charge in [0.05, 0.1) is 10.4 Å². The van der Waals surface area contributed by atoms with Crippen molar-refractivity contribution in [1.29, 1.82) is 0 Å². The van der Waals surface area contributed by atoms with Crippen molar-refractivity contribution in [3.05, 3.63) is 64.4 Å². The highest BCUT2D eigenvalue weighted by molar-refractivity contribution is 7.80. The molecule has 8 heteroatoms. The molecule has 0 aliphatic carbocycles. The maximum Gasteiger partial charge on any atom is 0.267 e. The number of benzene rings is 2. The molecule has 4 aromatic rings. The standard InChI is InChI=1S/C21H17N3O3S2/c1-2-12-5-8-17-15(10-12)23-20(27-17)14-7-6-13(11-16(14)25)22-21(28)24-19(26)18-4-3-9-29-18/h3-11,25H,2H2,1H3,(H2,22,24,26,28). The van der Waals surface area contributed by atoms with Crippen molar-refractivity contribution < 1.29 is 14.3 Å². The predicted molar refractivity (Wildman–Crippen MR) is 118 cm³/mol. The predicted octanol–water partition coefficient (Wildman–Crippen LogP) is 4.95. The maximum absolute atomic E-state index is 12.0. The number of nitrogens with zero attached hydrogens (tertiary/aromatic N) is 1. The third kappa shape index (κ3) is 4.13. The molecule has 146 valence electrons. The lowest BCUT2D eigenvalue weighted by Gasteiger charge is -2.10. The number of hydrogen-bond donors (Lipinski definition) is 3. The monoisotopic (exact) mass is 423 g/mol. The zero-order valence-corrected chi connectivity index (χ0v) is 17.1. The van der Waals surface area contributed by atoms with E-state index < -0.39 is 0 Å². The molecule has 29 heavy (non-hydrogen) atoms. The minimum absolute atomic E-state index is 0.00958. The summed E-state index contributed by atoms with van der Waals surface area (Å²) >= 11 is 6.50. The number of carbonyl (C=O) groups is 1. The van der Waals surface area contributed by atoms with Gasteiger partial charge >= 0.3 is 0 Å². The summed E-state index contributed by atoms with van der Waals surface area (Å²) in [6.07, 6.45) is 0.909.